The van der Waals surface area contributed by atoms with E-state index in [4.69, 9.17) is 9.72 Å². The van der Waals surface area contributed by atoms with Crippen LogP contribution in [0, 0.1) is 0 Å². The van der Waals surface area contributed by atoms with Crippen LogP contribution in [0.15, 0.2) is 60.7 Å². The average Bonchev–Trinajstić information content (AvgIpc) is 3.20. The second-order valence-electron chi connectivity index (χ2n) is 7.06. The topological polar surface area (TPSA) is 81.9 Å². The molecule has 0 fully saturated rings. The Hall–Kier alpha value is -4.00. The number of pyridine rings is 1. The lowest BCUT2D eigenvalue weighted by Crippen LogP contribution is -2.07. The van der Waals surface area contributed by atoms with E-state index < -0.39 is 0 Å². The van der Waals surface area contributed by atoms with Crippen molar-refractivity contribution in [1.29, 1.82) is 0 Å². The number of ether oxygens (including phenoxy) is 1. The minimum Gasteiger partial charge on any atom is -0.465 e. The van der Waals surface area contributed by atoms with Crippen molar-refractivity contribution in [3.63, 3.8) is 0 Å². The average molecular weight is 397 g/mol. The molecule has 7 heteroatoms. The highest BCUT2D eigenvalue weighted by Gasteiger charge is 2.12. The van der Waals surface area contributed by atoms with Crippen LogP contribution >= 0.6 is 0 Å². The first-order valence-corrected chi connectivity index (χ1v) is 9.63. The molecule has 0 spiro atoms. The van der Waals surface area contributed by atoms with Crippen molar-refractivity contribution in [3.8, 4) is 11.3 Å². The maximum atomic E-state index is 11.6. The van der Waals surface area contributed by atoms with E-state index in [0.29, 0.717) is 12.1 Å². The molecule has 30 heavy (non-hydrogen) atoms. The number of fused-ring (bicyclic) bond motifs is 2. The summed E-state index contributed by atoms with van der Waals surface area (Å²) in [6, 6.07) is 17.3. The second-order valence-corrected chi connectivity index (χ2v) is 7.06. The highest BCUT2D eigenvalue weighted by atomic mass is 16.5. The van der Waals surface area contributed by atoms with E-state index in [9.17, 15) is 4.79 Å². The van der Waals surface area contributed by atoms with Gasteiger partial charge in [0.15, 0.2) is 5.65 Å². The molecule has 0 unspecified atom stereocenters. The third-order valence-electron chi connectivity index (χ3n) is 5.12. The number of rotatable bonds is 4. The van der Waals surface area contributed by atoms with E-state index in [1.165, 1.54) is 12.7 Å². The number of benzene rings is 2. The van der Waals surface area contributed by atoms with Gasteiger partial charge in [-0.3, -0.25) is 0 Å². The Morgan fingerprint density at radius 3 is 2.83 bits per heavy atom. The van der Waals surface area contributed by atoms with Crippen LogP contribution in [0.5, 0.6) is 0 Å². The fraction of sp³-hybridized carbons (Fsp3) is 0.130. The van der Waals surface area contributed by atoms with Crippen LogP contribution in [0.3, 0.4) is 0 Å². The Kier molecular flexibility index (Phi) is 4.48. The predicted octanol–water partition coefficient (Wildman–Crippen LogP) is 3.77. The minimum absolute atomic E-state index is 0.359. The molecule has 1 N–H and O–H groups in total. The number of carbonyl (C=O) groups excluding carboxylic acids is 1. The first kappa shape index (κ1) is 18.1. The van der Waals surface area contributed by atoms with Crippen LogP contribution in [0.1, 0.15) is 21.5 Å². The third kappa shape index (κ3) is 3.30. The van der Waals surface area contributed by atoms with Gasteiger partial charge in [0.05, 0.1) is 24.9 Å². The number of nitrogens with one attached hydrogen (secondary N) is 1. The number of aromatic nitrogens is 4. The third-order valence-corrected chi connectivity index (χ3v) is 5.12. The zero-order valence-electron chi connectivity index (χ0n) is 16.4. The zero-order valence-corrected chi connectivity index (χ0v) is 16.4. The number of hydrogen-bond acceptors (Lipinski definition) is 6. The molecule has 3 heterocycles. The molecule has 0 saturated carbocycles. The summed E-state index contributed by atoms with van der Waals surface area (Å²) in [6.45, 7) is 1.43. The van der Waals surface area contributed by atoms with E-state index >= 15 is 0 Å². The smallest absolute Gasteiger partial charge is 0.337 e. The molecular formula is C23H19N5O2. The van der Waals surface area contributed by atoms with Crippen LogP contribution in [0.25, 0.3) is 28.5 Å². The summed E-state index contributed by atoms with van der Waals surface area (Å²) in [4.78, 5) is 16.4. The molecule has 5 rings (SSSR count). The van der Waals surface area contributed by atoms with Crippen molar-refractivity contribution < 1.29 is 9.53 Å². The number of carbonyl (C=O) groups is 1. The predicted molar refractivity (Wildman–Crippen MR) is 115 cm³/mol. The Morgan fingerprint density at radius 1 is 1.13 bits per heavy atom. The van der Waals surface area contributed by atoms with Gasteiger partial charge in [-0.05, 0) is 47.5 Å². The van der Waals surface area contributed by atoms with Crippen molar-refractivity contribution in [3.05, 3.63) is 77.4 Å². The van der Waals surface area contributed by atoms with Crippen LogP contribution < -0.4 is 5.32 Å². The highest BCUT2D eigenvalue weighted by molar-refractivity contribution is 5.90. The van der Waals surface area contributed by atoms with Crippen LogP contribution in [-0.4, -0.2) is 39.6 Å². The molecule has 7 nitrogen and oxygen atoms in total. The van der Waals surface area contributed by atoms with Gasteiger partial charge in [0, 0.05) is 17.8 Å². The van der Waals surface area contributed by atoms with Gasteiger partial charge in [-0.25, -0.2) is 14.5 Å². The fourth-order valence-corrected chi connectivity index (χ4v) is 3.55. The first-order chi connectivity index (χ1) is 14.7. The number of esters is 1. The molecule has 4 aromatic rings. The molecule has 0 aliphatic carbocycles. The normalized spacial score (nSPS) is 12.4. The molecule has 148 valence electrons. The summed E-state index contributed by atoms with van der Waals surface area (Å²) in [5.41, 5.74) is 7.10. The van der Waals surface area contributed by atoms with Gasteiger partial charge in [0.1, 0.15) is 5.52 Å². The lowest BCUT2D eigenvalue weighted by atomic mass is 10.1. The number of methoxy groups -OCH3 is 1. The largest absolute Gasteiger partial charge is 0.465 e. The summed E-state index contributed by atoms with van der Waals surface area (Å²) in [5.74, 6) is -0.359. The SMILES string of the molecule is COC(=O)c1ccc(-c2ccc3nnn(Cc4ccc5c(c4)C=CCN5)c3n2)cc1. The van der Waals surface area contributed by atoms with Crippen molar-refractivity contribution in [1.82, 2.24) is 20.0 Å². The molecule has 1 aliphatic heterocycles. The van der Waals surface area contributed by atoms with Gasteiger partial charge < -0.3 is 10.1 Å². The maximum absolute atomic E-state index is 11.6. The summed E-state index contributed by atoms with van der Waals surface area (Å²) in [5, 5.41) is 11.9. The molecule has 0 amide bonds. The maximum Gasteiger partial charge on any atom is 0.337 e. The molecule has 2 aromatic heterocycles. The van der Waals surface area contributed by atoms with E-state index in [1.54, 1.807) is 12.1 Å². The van der Waals surface area contributed by atoms with Crippen molar-refractivity contribution in [2.24, 2.45) is 0 Å². The summed E-state index contributed by atoms with van der Waals surface area (Å²) >= 11 is 0. The molecule has 0 atom stereocenters. The summed E-state index contributed by atoms with van der Waals surface area (Å²) < 4.78 is 6.56. The summed E-state index contributed by atoms with van der Waals surface area (Å²) in [6.07, 6.45) is 4.24. The van der Waals surface area contributed by atoms with Gasteiger partial charge in [-0.2, -0.15) is 0 Å². The Labute approximate surface area is 173 Å². The highest BCUT2D eigenvalue weighted by Crippen LogP contribution is 2.24. The van der Waals surface area contributed by atoms with Gasteiger partial charge in [-0.1, -0.05) is 35.6 Å². The van der Waals surface area contributed by atoms with Crippen molar-refractivity contribution in [2.45, 2.75) is 6.54 Å². The minimum atomic E-state index is -0.359. The van der Waals surface area contributed by atoms with E-state index in [0.717, 1.165) is 40.2 Å². The molecule has 0 saturated heterocycles. The number of nitrogens with zero attached hydrogens (tertiary/aromatic N) is 4. The zero-order chi connectivity index (χ0) is 20.5. The molecule has 2 aromatic carbocycles. The second kappa shape index (κ2) is 7.44. The van der Waals surface area contributed by atoms with Gasteiger partial charge >= 0.3 is 5.97 Å². The van der Waals surface area contributed by atoms with Crippen LogP contribution in [-0.2, 0) is 11.3 Å². The summed E-state index contributed by atoms with van der Waals surface area (Å²) in [7, 11) is 1.37. The van der Waals surface area contributed by atoms with E-state index in [2.05, 4.69) is 46.0 Å². The van der Waals surface area contributed by atoms with Gasteiger partial charge in [0.2, 0.25) is 0 Å². The Morgan fingerprint density at radius 2 is 2.00 bits per heavy atom. The molecule has 0 bridgehead atoms. The molecule has 0 radical (unpaired) electrons. The Bertz CT molecular complexity index is 1270. The lowest BCUT2D eigenvalue weighted by Gasteiger charge is -2.14. The lowest BCUT2D eigenvalue weighted by molar-refractivity contribution is 0.0601. The fourth-order valence-electron chi connectivity index (χ4n) is 3.55. The van der Waals surface area contributed by atoms with Crippen LogP contribution in [0.4, 0.5) is 5.69 Å². The van der Waals surface area contributed by atoms with E-state index in [-0.39, 0.29) is 5.97 Å². The van der Waals surface area contributed by atoms with E-state index in [1.807, 2.05) is 28.9 Å². The quantitative estimate of drug-likeness (QED) is 0.528. The monoisotopic (exact) mass is 397 g/mol. The number of anilines is 1. The first-order valence-electron chi connectivity index (χ1n) is 9.63. The van der Waals surface area contributed by atoms with Crippen molar-refractivity contribution in [2.75, 3.05) is 19.0 Å². The standard InChI is InChI=1S/C23H19N5O2/c1-30-23(29)17-7-5-16(6-8-17)20-10-11-21-22(25-20)28(27-26-21)14-15-4-9-19-18(13-15)3-2-12-24-19/h2-11,13,24H,12,14H2,1H3. The Balaban J connectivity index is 1.46. The van der Waals surface area contributed by atoms with Gasteiger partial charge in [-0.15, -0.1) is 5.10 Å². The van der Waals surface area contributed by atoms with Crippen molar-refractivity contribution >= 4 is 28.9 Å². The molecule has 1 aliphatic rings. The van der Waals surface area contributed by atoms with Gasteiger partial charge in [0.25, 0.3) is 0 Å². The molecular weight excluding hydrogens is 378 g/mol. The number of hydrogen-bond donors (Lipinski definition) is 1. The van der Waals surface area contributed by atoms with Crippen LogP contribution in [0.2, 0.25) is 0 Å².